The first-order valence-corrected chi connectivity index (χ1v) is 4.53. The van der Waals surface area contributed by atoms with Crippen molar-refractivity contribution in [3.63, 3.8) is 0 Å². The summed E-state index contributed by atoms with van der Waals surface area (Å²) in [7, 11) is 1.33. The maximum Gasteiger partial charge on any atom is 0.404 e. The third-order valence-electron chi connectivity index (χ3n) is 1.60. The molecule has 5 heteroatoms. The summed E-state index contributed by atoms with van der Waals surface area (Å²) in [5, 5.41) is 0. The van der Waals surface area contributed by atoms with E-state index in [0.29, 0.717) is 19.3 Å². The summed E-state index contributed by atoms with van der Waals surface area (Å²) in [4.78, 5) is 21.1. The summed E-state index contributed by atoms with van der Waals surface area (Å²) >= 11 is 5.02. The predicted molar refractivity (Wildman–Crippen MR) is 52.2 cm³/mol. The Labute approximate surface area is 87.8 Å². The van der Waals surface area contributed by atoms with Crippen LogP contribution in [0.5, 0.6) is 0 Å². The molecule has 1 atom stereocenters. The average molecular weight is 221 g/mol. The molecule has 0 aliphatic rings. The second-order valence-corrected chi connectivity index (χ2v) is 2.91. The molecule has 0 aromatic carbocycles. The molecule has 0 bridgehead atoms. The van der Waals surface area contributed by atoms with Gasteiger partial charge in [-0.1, -0.05) is 12.7 Å². The number of carbonyl (C=O) groups excluding carboxylic acids is 2. The summed E-state index contributed by atoms with van der Waals surface area (Å²) in [5.74, 6) is -0.287. The second-order valence-electron chi connectivity index (χ2n) is 2.60. The Kier molecular flexibility index (Phi) is 6.84. The Morgan fingerprint density at radius 1 is 1.57 bits per heavy atom. The van der Waals surface area contributed by atoms with Gasteiger partial charge < -0.3 is 9.47 Å². The lowest BCUT2D eigenvalue weighted by atomic mass is 10.1. The van der Waals surface area contributed by atoms with Gasteiger partial charge in [-0.25, -0.2) is 4.79 Å². The molecule has 0 rings (SSSR count). The quantitative estimate of drug-likeness (QED) is 0.391. The molecule has 4 nitrogen and oxygen atoms in total. The molecule has 80 valence electrons. The minimum Gasteiger partial charge on any atom is -0.469 e. The smallest absolute Gasteiger partial charge is 0.404 e. The number of rotatable bonds is 6. The standard InChI is InChI=1S/C9H13ClO4/c1-3-7(14-9(10)12)5-4-6-8(11)13-2/h3,7H,1,4-6H2,2H3. The molecule has 0 aliphatic carbocycles. The average Bonchev–Trinajstić information content (AvgIpc) is 2.15. The molecule has 0 radical (unpaired) electrons. The van der Waals surface area contributed by atoms with E-state index in [-0.39, 0.29) is 5.97 Å². The molecule has 0 aromatic rings. The van der Waals surface area contributed by atoms with Crippen molar-refractivity contribution in [1.29, 1.82) is 0 Å². The van der Waals surface area contributed by atoms with E-state index in [0.717, 1.165) is 0 Å². The molecule has 0 spiro atoms. The fraction of sp³-hybridized carbons (Fsp3) is 0.556. The van der Waals surface area contributed by atoms with Crippen molar-refractivity contribution in [3.8, 4) is 0 Å². The van der Waals surface area contributed by atoms with Gasteiger partial charge in [0.05, 0.1) is 7.11 Å². The topological polar surface area (TPSA) is 52.6 Å². The van der Waals surface area contributed by atoms with Crippen molar-refractivity contribution < 1.29 is 19.1 Å². The third-order valence-corrected chi connectivity index (χ3v) is 1.69. The van der Waals surface area contributed by atoms with Gasteiger partial charge in [-0.05, 0) is 12.8 Å². The van der Waals surface area contributed by atoms with Crippen LogP contribution in [-0.2, 0) is 14.3 Å². The summed E-state index contributed by atoms with van der Waals surface area (Å²) in [6, 6.07) is 0. The molecule has 0 N–H and O–H groups in total. The van der Waals surface area contributed by atoms with Crippen LogP contribution in [0.1, 0.15) is 19.3 Å². The van der Waals surface area contributed by atoms with Gasteiger partial charge in [-0.15, -0.1) is 0 Å². The number of ether oxygens (including phenoxy) is 2. The number of hydrogen-bond donors (Lipinski definition) is 0. The fourth-order valence-electron chi connectivity index (χ4n) is 0.894. The van der Waals surface area contributed by atoms with Crippen LogP contribution in [0.2, 0.25) is 0 Å². The number of methoxy groups -OCH3 is 1. The number of hydrogen-bond acceptors (Lipinski definition) is 4. The van der Waals surface area contributed by atoms with Crippen molar-refractivity contribution >= 4 is 23.0 Å². The largest absolute Gasteiger partial charge is 0.469 e. The maximum absolute atomic E-state index is 10.7. The summed E-state index contributed by atoms with van der Waals surface area (Å²) in [6.07, 6.45) is 2.40. The van der Waals surface area contributed by atoms with Crippen molar-refractivity contribution in [1.82, 2.24) is 0 Å². The molecule has 0 aromatic heterocycles. The monoisotopic (exact) mass is 220 g/mol. The lowest BCUT2D eigenvalue weighted by Crippen LogP contribution is -2.12. The lowest BCUT2D eigenvalue weighted by molar-refractivity contribution is -0.140. The maximum atomic E-state index is 10.7. The van der Waals surface area contributed by atoms with E-state index in [2.05, 4.69) is 16.1 Å². The first kappa shape index (κ1) is 13.0. The SMILES string of the molecule is C=CC(CCCC(=O)OC)OC(=O)Cl. The zero-order valence-corrected chi connectivity index (χ0v) is 8.75. The first-order chi connectivity index (χ1) is 6.60. The van der Waals surface area contributed by atoms with Crippen LogP contribution >= 0.6 is 11.6 Å². The van der Waals surface area contributed by atoms with Crippen molar-refractivity contribution in [2.75, 3.05) is 7.11 Å². The summed E-state index contributed by atoms with van der Waals surface area (Å²) in [5.41, 5.74) is -0.868. The third kappa shape index (κ3) is 6.48. The summed E-state index contributed by atoms with van der Waals surface area (Å²) < 4.78 is 9.12. The summed E-state index contributed by atoms with van der Waals surface area (Å²) in [6.45, 7) is 3.48. The molecule has 1 unspecified atom stereocenters. The van der Waals surface area contributed by atoms with Gasteiger partial charge in [0, 0.05) is 18.0 Å². The Morgan fingerprint density at radius 2 is 2.21 bits per heavy atom. The number of halogens is 1. The van der Waals surface area contributed by atoms with Crippen LogP contribution in [0.15, 0.2) is 12.7 Å². The fourth-order valence-corrected chi connectivity index (χ4v) is 1.01. The molecular weight excluding hydrogens is 208 g/mol. The van der Waals surface area contributed by atoms with Gasteiger partial charge in [0.15, 0.2) is 0 Å². The highest BCUT2D eigenvalue weighted by Crippen LogP contribution is 2.08. The van der Waals surface area contributed by atoms with Crippen LogP contribution in [0, 0.1) is 0 Å². The van der Waals surface area contributed by atoms with E-state index in [1.54, 1.807) is 0 Å². The van der Waals surface area contributed by atoms with E-state index in [9.17, 15) is 9.59 Å². The molecule has 0 saturated heterocycles. The first-order valence-electron chi connectivity index (χ1n) is 4.15. The van der Waals surface area contributed by atoms with Crippen molar-refractivity contribution in [3.05, 3.63) is 12.7 Å². The zero-order chi connectivity index (χ0) is 11.0. The van der Waals surface area contributed by atoms with Crippen LogP contribution in [0.4, 0.5) is 4.79 Å². The van der Waals surface area contributed by atoms with Gasteiger partial charge in [-0.3, -0.25) is 4.79 Å². The van der Waals surface area contributed by atoms with Crippen molar-refractivity contribution in [2.45, 2.75) is 25.4 Å². The normalized spacial score (nSPS) is 11.6. The van der Waals surface area contributed by atoms with E-state index >= 15 is 0 Å². The predicted octanol–water partition coefficient (Wildman–Crippen LogP) is 2.26. The Balaban J connectivity index is 3.67. The van der Waals surface area contributed by atoms with E-state index in [1.165, 1.54) is 13.2 Å². The van der Waals surface area contributed by atoms with Gasteiger partial charge in [0.2, 0.25) is 0 Å². The Morgan fingerprint density at radius 3 is 2.64 bits per heavy atom. The molecule has 0 amide bonds. The Hall–Kier alpha value is -1.03. The highest BCUT2D eigenvalue weighted by atomic mass is 35.5. The molecular formula is C9H13ClO4. The molecule has 0 fully saturated rings. The minimum atomic E-state index is -0.868. The zero-order valence-electron chi connectivity index (χ0n) is 7.99. The van der Waals surface area contributed by atoms with E-state index in [4.69, 9.17) is 11.6 Å². The number of carbonyl (C=O) groups is 2. The van der Waals surface area contributed by atoms with Gasteiger partial charge in [-0.2, -0.15) is 0 Å². The van der Waals surface area contributed by atoms with Crippen LogP contribution in [-0.4, -0.2) is 24.6 Å². The molecule has 14 heavy (non-hydrogen) atoms. The highest BCUT2D eigenvalue weighted by Gasteiger charge is 2.09. The molecule has 0 heterocycles. The van der Waals surface area contributed by atoms with Gasteiger partial charge in [0.25, 0.3) is 0 Å². The second kappa shape index (κ2) is 7.38. The van der Waals surface area contributed by atoms with Crippen molar-refractivity contribution in [2.24, 2.45) is 0 Å². The number of esters is 1. The molecule has 0 saturated carbocycles. The minimum absolute atomic E-state index is 0.287. The highest BCUT2D eigenvalue weighted by molar-refractivity contribution is 6.61. The van der Waals surface area contributed by atoms with Crippen LogP contribution < -0.4 is 0 Å². The van der Waals surface area contributed by atoms with Gasteiger partial charge in [0.1, 0.15) is 6.10 Å². The lowest BCUT2D eigenvalue weighted by Gasteiger charge is -2.10. The van der Waals surface area contributed by atoms with E-state index in [1.807, 2.05) is 0 Å². The Bertz CT molecular complexity index is 215. The van der Waals surface area contributed by atoms with Gasteiger partial charge >= 0.3 is 11.4 Å². The van der Waals surface area contributed by atoms with E-state index < -0.39 is 11.5 Å². The molecule has 0 aliphatic heterocycles. The van der Waals surface area contributed by atoms with Crippen LogP contribution in [0.25, 0.3) is 0 Å². The van der Waals surface area contributed by atoms with Crippen LogP contribution in [0.3, 0.4) is 0 Å².